The Labute approximate surface area is 208 Å². The molecule has 166 valence electrons. The SMILES string of the molecule is Clc1nc(-c2ccc(-c3cccc(-c4ccccc4)c3)cc2)nc(-c2cccc3ccccc23)n1. The summed E-state index contributed by atoms with van der Waals surface area (Å²) in [5.74, 6) is 1.12. The van der Waals surface area contributed by atoms with Crippen LogP contribution in [0.1, 0.15) is 0 Å². The Bertz CT molecular complexity index is 1640. The van der Waals surface area contributed by atoms with Gasteiger partial charge in [0.1, 0.15) is 0 Å². The molecule has 1 heterocycles. The van der Waals surface area contributed by atoms with Crippen LogP contribution in [0.15, 0.2) is 121 Å². The molecule has 35 heavy (non-hydrogen) atoms. The maximum atomic E-state index is 6.34. The molecule has 0 aliphatic rings. The molecule has 0 bridgehead atoms. The normalized spacial score (nSPS) is 11.0. The Kier molecular flexibility index (Phi) is 5.53. The van der Waals surface area contributed by atoms with Gasteiger partial charge in [0.05, 0.1) is 0 Å². The fraction of sp³-hybridized carbons (Fsp3) is 0. The maximum absolute atomic E-state index is 6.34. The molecular formula is C31H20ClN3. The molecular weight excluding hydrogens is 450 g/mol. The highest BCUT2D eigenvalue weighted by Crippen LogP contribution is 2.30. The molecule has 0 radical (unpaired) electrons. The zero-order valence-corrected chi connectivity index (χ0v) is 19.5. The van der Waals surface area contributed by atoms with Crippen molar-refractivity contribution in [2.75, 3.05) is 0 Å². The third-order valence-corrected chi connectivity index (χ3v) is 6.25. The third kappa shape index (κ3) is 4.30. The quantitative estimate of drug-likeness (QED) is 0.260. The van der Waals surface area contributed by atoms with Crippen LogP contribution in [0.3, 0.4) is 0 Å². The van der Waals surface area contributed by atoms with Gasteiger partial charge in [0.15, 0.2) is 11.6 Å². The van der Waals surface area contributed by atoms with Crippen LogP contribution < -0.4 is 0 Å². The molecule has 0 atom stereocenters. The molecule has 0 aliphatic carbocycles. The van der Waals surface area contributed by atoms with Crippen molar-refractivity contribution in [1.29, 1.82) is 0 Å². The topological polar surface area (TPSA) is 38.7 Å². The Morgan fingerprint density at radius 1 is 0.429 bits per heavy atom. The highest BCUT2D eigenvalue weighted by Gasteiger charge is 2.12. The van der Waals surface area contributed by atoms with Crippen molar-refractivity contribution in [3.8, 4) is 45.0 Å². The number of benzene rings is 5. The molecule has 0 N–H and O–H groups in total. The second kappa shape index (κ2) is 9.13. The Morgan fingerprint density at radius 3 is 1.80 bits per heavy atom. The van der Waals surface area contributed by atoms with Gasteiger partial charge in [-0.2, -0.15) is 9.97 Å². The molecule has 0 amide bonds. The molecule has 5 aromatic carbocycles. The molecule has 6 rings (SSSR count). The van der Waals surface area contributed by atoms with E-state index in [9.17, 15) is 0 Å². The lowest BCUT2D eigenvalue weighted by molar-refractivity contribution is 1.07. The summed E-state index contributed by atoms with van der Waals surface area (Å²) < 4.78 is 0. The molecule has 6 aromatic rings. The van der Waals surface area contributed by atoms with Crippen LogP contribution in [0, 0.1) is 0 Å². The first-order valence-corrected chi connectivity index (χ1v) is 11.8. The van der Waals surface area contributed by atoms with Gasteiger partial charge >= 0.3 is 0 Å². The highest BCUT2D eigenvalue weighted by atomic mass is 35.5. The standard InChI is InChI=1S/C31H20ClN3/c32-31-34-29(33-30(35-31)28-15-7-11-23-10-4-5-14-27(23)28)24-18-16-22(17-19-24)26-13-6-12-25(20-26)21-8-2-1-3-9-21/h1-20H. The molecule has 0 saturated heterocycles. The third-order valence-electron chi connectivity index (χ3n) is 6.08. The number of hydrogen-bond acceptors (Lipinski definition) is 3. The minimum Gasteiger partial charge on any atom is -0.208 e. The average Bonchev–Trinajstić information content (AvgIpc) is 2.93. The second-order valence-electron chi connectivity index (χ2n) is 8.30. The summed E-state index contributed by atoms with van der Waals surface area (Å²) in [5, 5.41) is 2.39. The second-order valence-corrected chi connectivity index (χ2v) is 8.64. The van der Waals surface area contributed by atoms with Gasteiger partial charge in [-0.05, 0) is 50.7 Å². The number of hydrogen-bond donors (Lipinski definition) is 0. The summed E-state index contributed by atoms with van der Waals surface area (Å²) in [6.45, 7) is 0. The van der Waals surface area contributed by atoms with E-state index < -0.39 is 0 Å². The molecule has 0 saturated carbocycles. The van der Waals surface area contributed by atoms with Crippen LogP contribution in [-0.4, -0.2) is 15.0 Å². The maximum Gasteiger partial charge on any atom is 0.226 e. The lowest BCUT2D eigenvalue weighted by Gasteiger charge is -2.09. The monoisotopic (exact) mass is 469 g/mol. The summed E-state index contributed by atoms with van der Waals surface area (Å²) in [5.41, 5.74) is 6.49. The van der Waals surface area contributed by atoms with Crippen LogP contribution in [0.4, 0.5) is 0 Å². The number of fused-ring (bicyclic) bond motifs is 1. The van der Waals surface area contributed by atoms with Gasteiger partial charge in [-0.1, -0.05) is 115 Å². The van der Waals surface area contributed by atoms with Crippen LogP contribution in [-0.2, 0) is 0 Å². The van der Waals surface area contributed by atoms with Gasteiger partial charge in [-0.25, -0.2) is 4.98 Å². The number of halogens is 1. The van der Waals surface area contributed by atoms with Gasteiger partial charge in [0, 0.05) is 11.1 Å². The summed E-state index contributed by atoms with van der Waals surface area (Å²) >= 11 is 6.34. The molecule has 1 aromatic heterocycles. The van der Waals surface area contributed by atoms with Gasteiger partial charge < -0.3 is 0 Å². The van der Waals surface area contributed by atoms with Crippen LogP contribution in [0.2, 0.25) is 5.28 Å². The minimum absolute atomic E-state index is 0.178. The van der Waals surface area contributed by atoms with E-state index in [1.165, 1.54) is 11.1 Å². The minimum atomic E-state index is 0.178. The Hall–Kier alpha value is -4.34. The fourth-order valence-corrected chi connectivity index (χ4v) is 4.50. The molecule has 4 heteroatoms. The first-order valence-electron chi connectivity index (χ1n) is 11.4. The van der Waals surface area contributed by atoms with E-state index in [1.54, 1.807) is 0 Å². The molecule has 3 nitrogen and oxygen atoms in total. The molecule has 0 unspecified atom stereocenters. The fourth-order valence-electron chi connectivity index (χ4n) is 4.34. The molecule has 0 fully saturated rings. The zero-order chi connectivity index (χ0) is 23.6. The van der Waals surface area contributed by atoms with Gasteiger partial charge in [0.25, 0.3) is 0 Å². The highest BCUT2D eigenvalue weighted by molar-refractivity contribution is 6.28. The average molecular weight is 470 g/mol. The first kappa shape index (κ1) is 21.2. The Balaban J connectivity index is 1.36. The summed E-state index contributed by atoms with van der Waals surface area (Å²) in [7, 11) is 0. The van der Waals surface area contributed by atoms with Crippen molar-refractivity contribution in [3.63, 3.8) is 0 Å². The first-order chi connectivity index (χ1) is 17.2. The number of nitrogens with zero attached hydrogens (tertiary/aromatic N) is 3. The predicted octanol–water partition coefficient (Wildman–Crippen LogP) is 8.35. The van der Waals surface area contributed by atoms with E-state index in [0.717, 1.165) is 33.0 Å². The zero-order valence-electron chi connectivity index (χ0n) is 18.8. The summed E-state index contributed by atoms with van der Waals surface area (Å²) in [6, 6.07) is 41.5. The van der Waals surface area contributed by atoms with Gasteiger partial charge in [-0.3, -0.25) is 0 Å². The summed E-state index contributed by atoms with van der Waals surface area (Å²) in [6.07, 6.45) is 0. The smallest absolute Gasteiger partial charge is 0.208 e. The lowest BCUT2D eigenvalue weighted by atomic mass is 9.98. The van der Waals surface area contributed by atoms with Gasteiger partial charge in [-0.15, -0.1) is 0 Å². The van der Waals surface area contributed by atoms with E-state index in [0.29, 0.717) is 11.6 Å². The number of rotatable bonds is 4. The van der Waals surface area contributed by atoms with E-state index in [4.69, 9.17) is 16.6 Å². The van der Waals surface area contributed by atoms with Crippen LogP contribution in [0.25, 0.3) is 55.8 Å². The van der Waals surface area contributed by atoms with Crippen molar-refractivity contribution < 1.29 is 0 Å². The summed E-state index contributed by atoms with van der Waals surface area (Å²) in [4.78, 5) is 13.6. The Morgan fingerprint density at radius 2 is 1.00 bits per heavy atom. The van der Waals surface area contributed by atoms with E-state index in [-0.39, 0.29) is 5.28 Å². The largest absolute Gasteiger partial charge is 0.226 e. The predicted molar refractivity (Wildman–Crippen MR) is 144 cm³/mol. The van der Waals surface area contributed by atoms with Crippen molar-refractivity contribution in [1.82, 2.24) is 15.0 Å². The van der Waals surface area contributed by atoms with Crippen molar-refractivity contribution in [2.24, 2.45) is 0 Å². The van der Waals surface area contributed by atoms with Crippen molar-refractivity contribution >= 4 is 22.4 Å². The van der Waals surface area contributed by atoms with Gasteiger partial charge in [0.2, 0.25) is 5.28 Å². The van der Waals surface area contributed by atoms with Crippen molar-refractivity contribution in [3.05, 3.63) is 127 Å². The van der Waals surface area contributed by atoms with Crippen LogP contribution in [0.5, 0.6) is 0 Å². The lowest BCUT2D eigenvalue weighted by Crippen LogP contribution is -1.97. The van der Waals surface area contributed by atoms with Crippen LogP contribution >= 0.6 is 11.6 Å². The van der Waals surface area contributed by atoms with Crippen molar-refractivity contribution in [2.45, 2.75) is 0 Å². The van der Waals surface area contributed by atoms with E-state index >= 15 is 0 Å². The molecule has 0 spiro atoms. The van der Waals surface area contributed by atoms with E-state index in [1.807, 2.05) is 42.5 Å². The molecule has 0 aliphatic heterocycles. The number of aromatic nitrogens is 3. The van der Waals surface area contributed by atoms with E-state index in [2.05, 4.69) is 88.8 Å².